The fourth-order valence-electron chi connectivity index (χ4n) is 4.06. The summed E-state index contributed by atoms with van der Waals surface area (Å²) in [5.74, 6) is 0.291. The molecule has 172 valence electrons. The molecule has 0 amide bonds. The van der Waals surface area contributed by atoms with Gasteiger partial charge in [0.2, 0.25) is 5.88 Å². The average molecular weight is 430 g/mol. The Bertz CT molecular complexity index is 824. The third-order valence-electron chi connectivity index (χ3n) is 5.78. The van der Waals surface area contributed by atoms with Gasteiger partial charge in [-0.1, -0.05) is 89.3 Å². The molecule has 0 saturated heterocycles. The van der Waals surface area contributed by atoms with Crippen LogP contribution in [-0.2, 0) is 11.8 Å². The van der Waals surface area contributed by atoms with Gasteiger partial charge in [0.15, 0.2) is 5.78 Å². The number of fused-ring (bicyclic) bond motifs is 1. The summed E-state index contributed by atoms with van der Waals surface area (Å²) in [7, 11) is 1.80. The number of para-hydroxylation sites is 1. The maximum atomic E-state index is 13.0. The Labute approximate surface area is 187 Å². The Balaban J connectivity index is 1.84. The van der Waals surface area contributed by atoms with Crippen LogP contribution < -0.4 is 4.74 Å². The van der Waals surface area contributed by atoms with Gasteiger partial charge in [0.05, 0.1) is 17.7 Å². The molecule has 0 atom stereocenters. The van der Waals surface area contributed by atoms with Gasteiger partial charge in [-0.2, -0.15) is 0 Å². The Morgan fingerprint density at radius 2 is 1.42 bits per heavy atom. The van der Waals surface area contributed by atoms with Crippen molar-refractivity contribution in [2.75, 3.05) is 6.61 Å². The van der Waals surface area contributed by atoms with Crippen LogP contribution >= 0.6 is 0 Å². The van der Waals surface area contributed by atoms with E-state index in [0.29, 0.717) is 12.0 Å². The molecule has 0 fully saturated rings. The molecule has 0 spiro atoms. The third kappa shape index (κ3) is 7.71. The van der Waals surface area contributed by atoms with Crippen LogP contribution in [0, 0.1) is 0 Å². The van der Waals surface area contributed by atoms with Crippen LogP contribution in [0.15, 0.2) is 24.3 Å². The number of aryl methyl sites for hydroxylation is 1. The van der Waals surface area contributed by atoms with Crippen molar-refractivity contribution < 1.29 is 19.1 Å². The van der Waals surface area contributed by atoms with Crippen molar-refractivity contribution in [3.8, 4) is 5.88 Å². The molecule has 5 heteroatoms. The van der Waals surface area contributed by atoms with Crippen LogP contribution in [0.25, 0.3) is 10.9 Å². The van der Waals surface area contributed by atoms with Crippen molar-refractivity contribution in [3.05, 3.63) is 29.8 Å². The summed E-state index contributed by atoms with van der Waals surface area (Å²) in [6.07, 6.45) is 13.4. The highest BCUT2D eigenvalue weighted by atomic mass is 16.7. The van der Waals surface area contributed by atoms with Crippen LogP contribution in [0.5, 0.6) is 5.88 Å². The number of hydrogen-bond acceptors (Lipinski definition) is 4. The molecule has 31 heavy (non-hydrogen) atoms. The highest BCUT2D eigenvalue weighted by molar-refractivity contribution is 6.11. The predicted octanol–water partition coefficient (Wildman–Crippen LogP) is 7.60. The van der Waals surface area contributed by atoms with Crippen LogP contribution in [0.3, 0.4) is 0 Å². The molecule has 0 aliphatic carbocycles. The standard InChI is InChI=1S/C26H39NO4/c1-4-6-7-8-9-10-11-12-13-14-15-20-23(28)24-21-18-16-17-19-22(21)27(3)25(24)31-26(29)30-5-2/h16-19H,4-15,20H2,1-3H3. The van der Waals surface area contributed by atoms with Gasteiger partial charge in [0, 0.05) is 18.9 Å². The summed E-state index contributed by atoms with van der Waals surface area (Å²) in [4.78, 5) is 25.0. The fraction of sp³-hybridized carbons (Fsp3) is 0.615. The second-order valence-corrected chi connectivity index (χ2v) is 8.25. The zero-order valence-electron chi connectivity index (χ0n) is 19.6. The van der Waals surface area contributed by atoms with Gasteiger partial charge in [-0.05, 0) is 19.4 Å². The van der Waals surface area contributed by atoms with E-state index in [-0.39, 0.29) is 18.3 Å². The molecule has 1 heterocycles. The van der Waals surface area contributed by atoms with E-state index < -0.39 is 6.16 Å². The zero-order chi connectivity index (χ0) is 22.5. The number of unbranched alkanes of at least 4 members (excludes halogenated alkanes) is 10. The smallest absolute Gasteiger partial charge is 0.434 e. The number of Topliss-reactive ketones (excluding diaryl/α,β-unsaturated/α-hetero) is 1. The Kier molecular flexibility index (Phi) is 11.2. The lowest BCUT2D eigenvalue weighted by molar-refractivity contribution is 0.0954. The summed E-state index contributed by atoms with van der Waals surface area (Å²) in [6.45, 7) is 4.20. The van der Waals surface area contributed by atoms with Gasteiger partial charge in [0.1, 0.15) is 0 Å². The molecule has 2 aromatic rings. The van der Waals surface area contributed by atoms with E-state index >= 15 is 0 Å². The Morgan fingerprint density at radius 1 is 0.839 bits per heavy atom. The van der Waals surface area contributed by atoms with Gasteiger partial charge in [-0.25, -0.2) is 4.79 Å². The lowest BCUT2D eigenvalue weighted by atomic mass is 10.0. The number of hydrogen-bond donors (Lipinski definition) is 0. The lowest BCUT2D eigenvalue weighted by Gasteiger charge is -2.08. The minimum atomic E-state index is -0.780. The van der Waals surface area contributed by atoms with E-state index in [0.717, 1.165) is 23.7 Å². The number of rotatable bonds is 15. The quantitative estimate of drug-likeness (QED) is 0.166. The van der Waals surface area contributed by atoms with Gasteiger partial charge in [-0.15, -0.1) is 0 Å². The minimum absolute atomic E-state index is 0.0204. The average Bonchev–Trinajstić information content (AvgIpc) is 3.04. The number of carbonyl (C=O) groups excluding carboxylic acids is 2. The molecule has 0 radical (unpaired) electrons. The molecular weight excluding hydrogens is 390 g/mol. The van der Waals surface area contributed by atoms with Crippen LogP contribution in [0.2, 0.25) is 0 Å². The largest absolute Gasteiger partial charge is 0.515 e. The molecule has 1 aromatic heterocycles. The van der Waals surface area contributed by atoms with Crippen molar-refractivity contribution in [2.45, 2.75) is 90.9 Å². The maximum Gasteiger partial charge on any atom is 0.515 e. The summed E-state index contributed by atoms with van der Waals surface area (Å²) in [5, 5.41) is 0.817. The normalized spacial score (nSPS) is 11.1. The molecule has 0 aliphatic heterocycles. The van der Waals surface area contributed by atoms with Crippen LogP contribution in [-0.4, -0.2) is 23.1 Å². The molecule has 5 nitrogen and oxygen atoms in total. The zero-order valence-corrected chi connectivity index (χ0v) is 19.6. The number of carbonyl (C=O) groups is 2. The van der Waals surface area contributed by atoms with E-state index in [2.05, 4.69) is 6.92 Å². The number of benzene rings is 1. The number of ketones is 1. The summed E-state index contributed by atoms with van der Waals surface area (Å²) in [5.41, 5.74) is 1.35. The first-order valence-electron chi connectivity index (χ1n) is 12.0. The van der Waals surface area contributed by atoms with Crippen molar-refractivity contribution in [3.63, 3.8) is 0 Å². The Morgan fingerprint density at radius 3 is 2.03 bits per heavy atom. The predicted molar refractivity (Wildman–Crippen MR) is 126 cm³/mol. The first-order valence-corrected chi connectivity index (χ1v) is 12.0. The van der Waals surface area contributed by atoms with Crippen molar-refractivity contribution in [1.29, 1.82) is 0 Å². The SMILES string of the molecule is CCCCCCCCCCCCCC(=O)c1c(OC(=O)OCC)n(C)c2ccccc12. The minimum Gasteiger partial charge on any atom is -0.434 e. The molecule has 2 rings (SSSR count). The maximum absolute atomic E-state index is 13.0. The summed E-state index contributed by atoms with van der Waals surface area (Å²) >= 11 is 0. The highest BCUT2D eigenvalue weighted by Gasteiger charge is 2.24. The molecular formula is C26H39NO4. The molecule has 0 unspecified atom stereocenters. The van der Waals surface area contributed by atoms with E-state index in [9.17, 15) is 9.59 Å². The number of ether oxygens (including phenoxy) is 2. The van der Waals surface area contributed by atoms with Crippen molar-refractivity contribution in [1.82, 2.24) is 4.57 Å². The van der Waals surface area contributed by atoms with E-state index in [1.54, 1.807) is 18.5 Å². The number of aromatic nitrogens is 1. The van der Waals surface area contributed by atoms with Crippen LogP contribution in [0.1, 0.15) is 101 Å². The first-order chi connectivity index (χ1) is 15.1. The second-order valence-electron chi connectivity index (χ2n) is 8.25. The molecule has 0 bridgehead atoms. The second kappa shape index (κ2) is 13.9. The summed E-state index contributed by atoms with van der Waals surface area (Å²) < 4.78 is 12.1. The fourth-order valence-corrected chi connectivity index (χ4v) is 4.06. The Hall–Kier alpha value is -2.30. The van der Waals surface area contributed by atoms with Gasteiger partial charge < -0.3 is 14.0 Å². The molecule has 0 N–H and O–H groups in total. The number of nitrogens with zero attached hydrogens (tertiary/aromatic N) is 1. The van der Waals surface area contributed by atoms with Crippen molar-refractivity contribution >= 4 is 22.8 Å². The molecule has 0 aliphatic rings. The van der Waals surface area contributed by atoms with Gasteiger partial charge in [-0.3, -0.25) is 4.79 Å². The van der Waals surface area contributed by atoms with Crippen LogP contribution in [0.4, 0.5) is 4.79 Å². The molecule has 0 saturated carbocycles. The highest BCUT2D eigenvalue weighted by Crippen LogP contribution is 2.33. The van der Waals surface area contributed by atoms with E-state index in [4.69, 9.17) is 9.47 Å². The van der Waals surface area contributed by atoms with E-state index in [1.807, 2.05) is 24.3 Å². The van der Waals surface area contributed by atoms with E-state index in [1.165, 1.54) is 57.8 Å². The first kappa shape index (κ1) is 25.0. The molecule has 1 aromatic carbocycles. The third-order valence-corrected chi connectivity index (χ3v) is 5.78. The van der Waals surface area contributed by atoms with Crippen molar-refractivity contribution in [2.24, 2.45) is 7.05 Å². The topological polar surface area (TPSA) is 57.5 Å². The van der Waals surface area contributed by atoms with Gasteiger partial charge in [0.25, 0.3) is 0 Å². The monoisotopic (exact) mass is 429 g/mol. The van der Waals surface area contributed by atoms with Gasteiger partial charge >= 0.3 is 6.16 Å². The lowest BCUT2D eigenvalue weighted by Crippen LogP contribution is -2.14. The summed E-state index contributed by atoms with van der Waals surface area (Å²) in [6, 6.07) is 7.64.